The molecule has 0 spiro atoms. The van der Waals surface area contributed by atoms with Crippen LogP contribution in [0.1, 0.15) is 24.2 Å². The summed E-state index contributed by atoms with van der Waals surface area (Å²) < 4.78 is 68.3. The molecule has 28 heavy (non-hydrogen) atoms. The summed E-state index contributed by atoms with van der Waals surface area (Å²) in [5, 5.41) is 1.88. The fourth-order valence-electron chi connectivity index (χ4n) is 2.69. The molecule has 2 aromatic carbocycles. The Bertz CT molecular complexity index is 1170. The first-order chi connectivity index (χ1) is 13.1. The maximum Gasteiger partial charge on any atom is 0.202 e. The summed E-state index contributed by atoms with van der Waals surface area (Å²) in [7, 11) is 0. The van der Waals surface area contributed by atoms with E-state index in [0.29, 0.717) is 12.1 Å². The Balaban J connectivity index is 2.32. The Labute approximate surface area is 155 Å². The van der Waals surface area contributed by atoms with Gasteiger partial charge in [-0.2, -0.15) is 0 Å². The van der Waals surface area contributed by atoms with E-state index in [1.54, 1.807) is 0 Å². The van der Waals surface area contributed by atoms with Crippen LogP contribution >= 0.6 is 0 Å². The van der Waals surface area contributed by atoms with Crippen molar-refractivity contribution >= 4 is 28.2 Å². The Hall–Kier alpha value is -3.23. The molecule has 0 saturated heterocycles. The lowest BCUT2D eigenvalue weighted by molar-refractivity contribution is 0.0939. The highest BCUT2D eigenvalue weighted by Crippen LogP contribution is 2.27. The van der Waals surface area contributed by atoms with Gasteiger partial charge in [0.15, 0.2) is 23.2 Å². The van der Waals surface area contributed by atoms with Crippen molar-refractivity contribution in [1.29, 1.82) is 0 Å². The quantitative estimate of drug-likeness (QED) is 0.378. The van der Waals surface area contributed by atoms with E-state index in [1.807, 2.05) is 0 Å². The fourth-order valence-corrected chi connectivity index (χ4v) is 2.69. The Morgan fingerprint density at radius 3 is 2.32 bits per heavy atom. The average molecular weight is 396 g/mol. The van der Waals surface area contributed by atoms with Crippen LogP contribution in [0, 0.1) is 35.0 Å². The lowest BCUT2D eigenvalue weighted by Gasteiger charge is -2.15. The Kier molecular flexibility index (Phi) is 4.93. The molecule has 0 fully saturated rings. The zero-order chi connectivity index (χ0) is 20.7. The number of aromatic nitrogens is 1. The molecule has 0 radical (unpaired) electrons. The van der Waals surface area contributed by atoms with Crippen LogP contribution in [0.4, 0.5) is 33.5 Å². The highest BCUT2D eigenvalue weighted by Gasteiger charge is 2.24. The van der Waals surface area contributed by atoms with Crippen molar-refractivity contribution in [3.8, 4) is 0 Å². The maximum atomic E-state index is 14.1. The first-order valence-corrected chi connectivity index (χ1v) is 8.11. The lowest BCUT2D eigenvalue weighted by atomic mass is 9.99. The number of Topliss-reactive ketones (excluding diaryl/α,β-unsaturated/α-hetero) is 1. The molecule has 0 saturated carbocycles. The van der Waals surface area contributed by atoms with Gasteiger partial charge in [-0.1, -0.05) is 13.8 Å². The molecule has 146 valence electrons. The zero-order valence-corrected chi connectivity index (χ0v) is 14.6. The van der Waals surface area contributed by atoms with Crippen LogP contribution in [0.5, 0.6) is 0 Å². The van der Waals surface area contributed by atoms with E-state index in [2.05, 4.69) is 10.3 Å². The van der Waals surface area contributed by atoms with Gasteiger partial charge in [0.25, 0.3) is 0 Å². The number of nitrogens with one attached hydrogen (secondary N) is 2. The van der Waals surface area contributed by atoms with E-state index in [-0.39, 0.29) is 0 Å². The van der Waals surface area contributed by atoms with Gasteiger partial charge in [-0.05, 0) is 18.2 Å². The van der Waals surface area contributed by atoms with E-state index in [0.717, 1.165) is 12.1 Å². The molecular weight excluding hydrogens is 383 g/mol. The minimum Gasteiger partial charge on any atom is -0.339 e. The Morgan fingerprint density at radius 2 is 1.68 bits per heavy atom. The van der Waals surface area contributed by atoms with Crippen molar-refractivity contribution in [2.75, 3.05) is 5.32 Å². The molecule has 0 aliphatic rings. The third kappa shape index (κ3) is 3.23. The number of aromatic amines is 1. The monoisotopic (exact) mass is 396 g/mol. The van der Waals surface area contributed by atoms with E-state index < -0.39 is 74.2 Å². The molecule has 0 amide bonds. The summed E-state index contributed by atoms with van der Waals surface area (Å²) in [6, 6.07) is 2.77. The largest absolute Gasteiger partial charge is 0.339 e. The molecule has 9 heteroatoms. The number of H-pyrrole nitrogens is 1. The van der Waals surface area contributed by atoms with E-state index in [4.69, 9.17) is 0 Å². The van der Waals surface area contributed by atoms with Gasteiger partial charge < -0.3 is 10.3 Å². The zero-order valence-electron chi connectivity index (χ0n) is 14.6. The van der Waals surface area contributed by atoms with Crippen LogP contribution in [0.2, 0.25) is 0 Å². The summed E-state index contributed by atoms with van der Waals surface area (Å²) in [5.74, 6) is -8.75. The topological polar surface area (TPSA) is 62.0 Å². The first-order valence-electron chi connectivity index (χ1n) is 8.11. The number of hydrogen-bond donors (Lipinski definition) is 2. The van der Waals surface area contributed by atoms with E-state index >= 15 is 0 Å². The first kappa shape index (κ1) is 19.5. The molecule has 0 bridgehead atoms. The molecule has 3 rings (SSSR count). The molecule has 2 N–H and O–H groups in total. The number of carbonyl (C=O) groups is 1. The van der Waals surface area contributed by atoms with Crippen molar-refractivity contribution in [2.24, 2.45) is 5.92 Å². The molecule has 0 aliphatic carbocycles. The predicted molar refractivity (Wildman–Crippen MR) is 93.3 cm³/mol. The number of rotatable bonds is 4. The number of pyridine rings is 1. The summed E-state index contributed by atoms with van der Waals surface area (Å²) in [5.41, 5.74) is -2.53. The number of halogens is 5. The summed E-state index contributed by atoms with van der Waals surface area (Å²) in [6.07, 6.45) is 0. The molecule has 3 aromatic rings. The van der Waals surface area contributed by atoms with Crippen molar-refractivity contribution in [3.05, 3.63) is 69.1 Å². The van der Waals surface area contributed by atoms with Crippen LogP contribution in [0.15, 0.2) is 29.1 Å². The molecule has 0 unspecified atom stereocenters. The number of fused-ring (bicyclic) bond motifs is 1. The number of benzene rings is 2. The smallest absolute Gasteiger partial charge is 0.202 e. The van der Waals surface area contributed by atoms with Gasteiger partial charge in [-0.3, -0.25) is 9.59 Å². The summed E-state index contributed by atoms with van der Waals surface area (Å²) in [4.78, 5) is 27.7. The number of carbonyl (C=O) groups excluding carboxylic acids is 1. The minimum atomic E-state index is -1.77. The fraction of sp³-hybridized carbons (Fsp3) is 0.158. The van der Waals surface area contributed by atoms with Crippen molar-refractivity contribution in [3.63, 3.8) is 0 Å². The van der Waals surface area contributed by atoms with Crippen molar-refractivity contribution in [2.45, 2.75) is 13.8 Å². The molecule has 0 aliphatic heterocycles. The number of ketones is 1. The Morgan fingerprint density at radius 1 is 1.00 bits per heavy atom. The second-order valence-electron chi connectivity index (χ2n) is 6.38. The highest BCUT2D eigenvalue weighted by molar-refractivity contribution is 6.05. The van der Waals surface area contributed by atoms with Gasteiger partial charge in [0.2, 0.25) is 5.43 Å². The molecule has 1 heterocycles. The summed E-state index contributed by atoms with van der Waals surface area (Å²) in [6.45, 7) is 2.97. The number of hydrogen-bond acceptors (Lipinski definition) is 3. The van der Waals surface area contributed by atoms with Crippen molar-refractivity contribution in [1.82, 2.24) is 4.98 Å². The van der Waals surface area contributed by atoms with Crippen LogP contribution in [0.3, 0.4) is 0 Å². The van der Waals surface area contributed by atoms with Crippen LogP contribution < -0.4 is 10.7 Å². The normalized spacial score (nSPS) is 11.3. The van der Waals surface area contributed by atoms with Gasteiger partial charge in [0.1, 0.15) is 23.0 Å². The van der Waals surface area contributed by atoms with Gasteiger partial charge >= 0.3 is 0 Å². The molecule has 0 atom stereocenters. The number of anilines is 2. The second-order valence-corrected chi connectivity index (χ2v) is 6.38. The third-order valence-electron chi connectivity index (χ3n) is 4.09. The molecule has 4 nitrogen and oxygen atoms in total. The van der Waals surface area contributed by atoms with Gasteiger partial charge in [0, 0.05) is 12.0 Å². The average Bonchev–Trinajstić information content (AvgIpc) is 2.63. The van der Waals surface area contributed by atoms with Gasteiger partial charge in [-0.25, -0.2) is 22.0 Å². The molecular formula is C19H13F5N2O2. The predicted octanol–water partition coefficient (Wildman–Crippen LogP) is 4.81. The van der Waals surface area contributed by atoms with E-state index in [1.165, 1.54) is 13.8 Å². The van der Waals surface area contributed by atoms with E-state index in [9.17, 15) is 31.5 Å². The maximum absolute atomic E-state index is 14.1. The second kappa shape index (κ2) is 7.06. The minimum absolute atomic E-state index is 0.419. The standard InChI is InChI=1S/C19H13F5N2O2/c1-7(2)17(27)13-18(28)9-5-8(20)6-11(22)16(9)26-19(13)25-12-4-3-10(21)14(23)15(12)24/h3-7H,1-2H3,(H2,25,26,28). The summed E-state index contributed by atoms with van der Waals surface area (Å²) >= 11 is 0. The SMILES string of the molecule is CC(C)C(=O)c1c(Nc2ccc(F)c(F)c2F)[nH]c2c(F)cc(F)cc2c1=O. The van der Waals surface area contributed by atoms with Crippen LogP contribution in [0.25, 0.3) is 10.9 Å². The van der Waals surface area contributed by atoms with Gasteiger partial charge in [-0.15, -0.1) is 0 Å². The third-order valence-corrected chi connectivity index (χ3v) is 4.09. The van der Waals surface area contributed by atoms with Crippen LogP contribution in [-0.4, -0.2) is 10.8 Å². The highest BCUT2D eigenvalue weighted by atomic mass is 19.2. The van der Waals surface area contributed by atoms with Gasteiger partial charge in [0.05, 0.1) is 16.6 Å². The van der Waals surface area contributed by atoms with Crippen molar-refractivity contribution < 1.29 is 26.7 Å². The van der Waals surface area contributed by atoms with Crippen LogP contribution in [-0.2, 0) is 0 Å². The molecule has 1 aromatic heterocycles. The lowest BCUT2D eigenvalue weighted by Crippen LogP contribution is -2.23.